The Morgan fingerprint density at radius 3 is 2.29 bits per heavy atom. The van der Waals surface area contributed by atoms with E-state index in [1.54, 1.807) is 24.3 Å². The summed E-state index contributed by atoms with van der Waals surface area (Å²) >= 11 is 0. The summed E-state index contributed by atoms with van der Waals surface area (Å²) < 4.78 is 5.36. The summed E-state index contributed by atoms with van der Waals surface area (Å²) in [6.07, 6.45) is 6.68. The number of benzene rings is 1. The maximum absolute atomic E-state index is 13.0. The van der Waals surface area contributed by atoms with Crippen LogP contribution in [0.5, 0.6) is 0 Å². The lowest BCUT2D eigenvalue weighted by atomic mass is 9.48. The van der Waals surface area contributed by atoms with Gasteiger partial charge in [-0.3, -0.25) is 14.4 Å². The second kappa shape index (κ2) is 6.54. The lowest BCUT2D eigenvalue weighted by Gasteiger charge is -2.55. The molecule has 0 atom stereocenters. The molecule has 1 heterocycles. The van der Waals surface area contributed by atoms with Crippen molar-refractivity contribution in [2.24, 2.45) is 23.2 Å². The quantitative estimate of drug-likeness (QED) is 0.806. The highest BCUT2D eigenvalue weighted by Gasteiger charge is 2.54. The summed E-state index contributed by atoms with van der Waals surface area (Å²) in [6, 6.07) is 7.03. The highest BCUT2D eigenvalue weighted by atomic mass is 16.5. The van der Waals surface area contributed by atoms with Crippen LogP contribution in [0.15, 0.2) is 29.1 Å². The molecule has 4 saturated carbocycles. The van der Waals surface area contributed by atoms with Gasteiger partial charge in [-0.2, -0.15) is 5.10 Å². The Bertz CT molecular complexity index is 974. The third kappa shape index (κ3) is 2.95. The number of fused-ring (bicyclic) bond motifs is 1. The van der Waals surface area contributed by atoms with E-state index in [2.05, 4.69) is 10.2 Å². The first-order valence-electron chi connectivity index (χ1n) is 10.2. The number of carbonyl (C=O) groups excluding carboxylic acids is 2. The van der Waals surface area contributed by atoms with Gasteiger partial charge in [-0.05, 0) is 62.3 Å². The highest BCUT2D eigenvalue weighted by Crippen LogP contribution is 2.60. The number of aromatic amines is 1. The van der Waals surface area contributed by atoms with Crippen LogP contribution in [-0.4, -0.2) is 28.6 Å². The van der Waals surface area contributed by atoms with Gasteiger partial charge in [-0.15, -0.1) is 0 Å². The highest BCUT2D eigenvalue weighted by molar-refractivity contribution is 5.90. The predicted molar refractivity (Wildman–Crippen MR) is 103 cm³/mol. The molecule has 4 aliphatic carbocycles. The number of ketones is 1. The van der Waals surface area contributed by atoms with Gasteiger partial charge in [0.2, 0.25) is 0 Å². The van der Waals surface area contributed by atoms with Gasteiger partial charge >= 0.3 is 5.97 Å². The molecule has 2 aromatic rings. The van der Waals surface area contributed by atoms with Crippen LogP contribution in [0, 0.1) is 23.2 Å². The molecule has 28 heavy (non-hydrogen) atoms. The Kier molecular flexibility index (Phi) is 4.11. The van der Waals surface area contributed by atoms with Crippen molar-refractivity contribution >= 4 is 22.5 Å². The van der Waals surface area contributed by atoms with Gasteiger partial charge < -0.3 is 4.74 Å². The van der Waals surface area contributed by atoms with Gasteiger partial charge in [0, 0.05) is 10.8 Å². The van der Waals surface area contributed by atoms with E-state index in [4.69, 9.17) is 4.74 Å². The van der Waals surface area contributed by atoms with Crippen molar-refractivity contribution in [2.45, 2.75) is 44.9 Å². The lowest BCUT2D eigenvalue weighted by Crippen LogP contribution is -2.51. The molecule has 4 bridgehead atoms. The molecule has 0 unspecified atom stereocenters. The van der Waals surface area contributed by atoms with Crippen molar-refractivity contribution in [3.05, 3.63) is 40.3 Å². The van der Waals surface area contributed by atoms with Crippen molar-refractivity contribution in [3.8, 4) is 0 Å². The lowest BCUT2D eigenvalue weighted by molar-refractivity contribution is -0.157. The summed E-state index contributed by atoms with van der Waals surface area (Å²) in [4.78, 5) is 37.2. The van der Waals surface area contributed by atoms with Gasteiger partial charge in [0.15, 0.2) is 12.4 Å². The van der Waals surface area contributed by atoms with E-state index in [-0.39, 0.29) is 29.8 Å². The van der Waals surface area contributed by atoms with Crippen molar-refractivity contribution in [2.75, 3.05) is 6.61 Å². The van der Waals surface area contributed by atoms with Gasteiger partial charge in [0.25, 0.3) is 5.56 Å². The van der Waals surface area contributed by atoms with E-state index in [9.17, 15) is 14.4 Å². The molecule has 0 aliphatic heterocycles. The summed E-state index contributed by atoms with van der Waals surface area (Å²) in [5, 5.41) is 7.55. The molecule has 6 rings (SSSR count). The van der Waals surface area contributed by atoms with E-state index >= 15 is 0 Å². The minimum atomic E-state index is -0.484. The largest absolute Gasteiger partial charge is 0.457 e. The number of nitrogens with one attached hydrogen (secondary N) is 1. The fourth-order valence-corrected chi connectivity index (χ4v) is 6.25. The number of nitrogens with zero attached hydrogens (tertiary/aromatic N) is 1. The molecule has 6 heteroatoms. The molecule has 146 valence electrons. The summed E-state index contributed by atoms with van der Waals surface area (Å²) in [5.41, 5.74) is -0.0787. The molecule has 0 spiro atoms. The third-order valence-electron chi connectivity index (χ3n) is 7.08. The van der Waals surface area contributed by atoms with Crippen molar-refractivity contribution in [1.82, 2.24) is 10.2 Å². The number of rotatable bonds is 5. The van der Waals surface area contributed by atoms with Crippen LogP contribution in [0.2, 0.25) is 0 Å². The van der Waals surface area contributed by atoms with Crippen LogP contribution in [0.25, 0.3) is 10.8 Å². The summed E-state index contributed by atoms with van der Waals surface area (Å²) in [5.74, 6) is 1.66. The van der Waals surface area contributed by atoms with E-state index in [0.717, 1.165) is 19.3 Å². The number of aromatic nitrogens is 2. The molecular formula is C22H24N2O4. The maximum atomic E-state index is 13.0. The Morgan fingerprint density at radius 2 is 1.64 bits per heavy atom. The number of esters is 1. The van der Waals surface area contributed by atoms with Crippen molar-refractivity contribution in [3.63, 3.8) is 0 Å². The number of hydrogen-bond acceptors (Lipinski definition) is 5. The molecule has 4 fully saturated rings. The number of H-pyrrole nitrogens is 1. The fourth-order valence-electron chi connectivity index (χ4n) is 6.25. The zero-order valence-electron chi connectivity index (χ0n) is 15.8. The second-order valence-electron chi connectivity index (χ2n) is 9.00. The number of hydrogen-bond donors (Lipinski definition) is 1. The minimum Gasteiger partial charge on any atom is -0.457 e. The van der Waals surface area contributed by atoms with Crippen LogP contribution in [-0.2, 0) is 20.7 Å². The van der Waals surface area contributed by atoms with Gasteiger partial charge in [-0.1, -0.05) is 18.2 Å². The Balaban J connectivity index is 1.26. The predicted octanol–water partition coefficient (Wildman–Crippen LogP) is 2.79. The Hall–Kier alpha value is -2.50. The van der Waals surface area contributed by atoms with Gasteiger partial charge in [0.1, 0.15) is 0 Å². The molecular weight excluding hydrogens is 356 g/mol. The summed E-state index contributed by atoms with van der Waals surface area (Å²) in [6.45, 7) is -0.147. The molecule has 0 amide bonds. The van der Waals surface area contributed by atoms with Crippen LogP contribution < -0.4 is 5.56 Å². The van der Waals surface area contributed by atoms with Crippen LogP contribution in [0.4, 0.5) is 0 Å². The second-order valence-corrected chi connectivity index (χ2v) is 9.00. The number of carbonyl (C=O) groups is 2. The smallest absolute Gasteiger partial charge is 0.312 e. The first-order valence-corrected chi connectivity index (χ1v) is 10.2. The van der Waals surface area contributed by atoms with Gasteiger partial charge in [0.05, 0.1) is 17.5 Å². The molecule has 1 aromatic carbocycles. The Labute approximate surface area is 162 Å². The van der Waals surface area contributed by atoms with Crippen molar-refractivity contribution < 1.29 is 14.3 Å². The molecule has 0 radical (unpaired) electrons. The maximum Gasteiger partial charge on any atom is 0.312 e. The van der Waals surface area contributed by atoms with Crippen LogP contribution >= 0.6 is 0 Å². The zero-order chi connectivity index (χ0) is 19.3. The first-order chi connectivity index (χ1) is 13.5. The van der Waals surface area contributed by atoms with E-state index in [0.29, 0.717) is 34.2 Å². The molecule has 1 aromatic heterocycles. The number of ether oxygens (including phenoxy) is 1. The van der Waals surface area contributed by atoms with E-state index < -0.39 is 5.97 Å². The molecule has 6 nitrogen and oxygen atoms in total. The third-order valence-corrected chi connectivity index (χ3v) is 7.08. The average molecular weight is 380 g/mol. The summed E-state index contributed by atoms with van der Waals surface area (Å²) in [7, 11) is 0. The first kappa shape index (κ1) is 17.6. The topological polar surface area (TPSA) is 89.1 Å². The monoisotopic (exact) mass is 380 g/mol. The van der Waals surface area contributed by atoms with E-state index in [1.165, 1.54) is 19.3 Å². The minimum absolute atomic E-state index is 0.0640. The molecule has 1 N–H and O–H groups in total. The van der Waals surface area contributed by atoms with E-state index in [1.807, 2.05) is 0 Å². The fraction of sp³-hybridized carbons (Fsp3) is 0.545. The van der Waals surface area contributed by atoms with Gasteiger partial charge in [-0.25, -0.2) is 5.10 Å². The normalized spacial score (nSPS) is 30.5. The van der Waals surface area contributed by atoms with Crippen molar-refractivity contribution in [1.29, 1.82) is 0 Å². The standard InChI is InChI=1S/C22H24N2O4/c25-19(22-9-13-5-14(10-22)7-15(6-13)11-22)12-28-20(26)8-18-16-3-1-2-4-17(16)21(27)24-23-18/h1-4,13-15H,5-12H2,(H,24,27). The Morgan fingerprint density at radius 1 is 1.04 bits per heavy atom. The SMILES string of the molecule is O=C(Cc1n[nH]c(=O)c2ccccc12)OCC(=O)C12CC3CC(CC(C3)C1)C2. The van der Waals surface area contributed by atoms with Crippen LogP contribution in [0.3, 0.4) is 0 Å². The molecule has 4 aliphatic rings. The average Bonchev–Trinajstić information content (AvgIpc) is 2.67. The number of Topliss-reactive ketones (excluding diaryl/α,β-unsaturated/α-hetero) is 1. The molecule has 0 saturated heterocycles. The zero-order valence-corrected chi connectivity index (χ0v) is 15.8. The van der Waals surface area contributed by atoms with Crippen LogP contribution in [0.1, 0.15) is 44.2 Å².